The first kappa shape index (κ1) is 18.4. The van der Waals surface area contributed by atoms with Gasteiger partial charge in [-0.1, -0.05) is 30.3 Å². The normalized spacial score (nSPS) is 24.7. The first-order valence-corrected chi connectivity index (χ1v) is 10.8. The van der Waals surface area contributed by atoms with E-state index in [4.69, 9.17) is 0 Å². The summed E-state index contributed by atoms with van der Waals surface area (Å²) in [5.41, 5.74) is 1.31. The molecule has 0 aromatic heterocycles. The molecule has 0 saturated carbocycles. The van der Waals surface area contributed by atoms with Crippen LogP contribution < -0.4 is 10.6 Å². The van der Waals surface area contributed by atoms with E-state index in [0.717, 1.165) is 32.5 Å². The third-order valence-electron chi connectivity index (χ3n) is 4.93. The number of hydrogen-bond donors (Lipinski definition) is 2. The highest BCUT2D eigenvalue weighted by molar-refractivity contribution is 7.91. The highest BCUT2D eigenvalue weighted by Crippen LogP contribution is 2.14. The van der Waals surface area contributed by atoms with Crippen LogP contribution in [-0.2, 0) is 21.2 Å². The molecule has 0 radical (unpaired) electrons. The van der Waals surface area contributed by atoms with Crippen LogP contribution in [0.5, 0.6) is 0 Å². The summed E-state index contributed by atoms with van der Waals surface area (Å²) in [7, 11) is -3.00. The van der Waals surface area contributed by atoms with E-state index in [1.54, 1.807) is 0 Å². The number of carbonyl (C=O) groups excluding carboxylic acids is 1. The van der Waals surface area contributed by atoms with Gasteiger partial charge in [0, 0.05) is 44.7 Å². The Kier molecular flexibility index (Phi) is 6.09. The topological polar surface area (TPSA) is 78.5 Å². The first-order valence-electron chi connectivity index (χ1n) is 9.00. The second kappa shape index (κ2) is 8.29. The van der Waals surface area contributed by atoms with Crippen molar-refractivity contribution in [1.29, 1.82) is 0 Å². The molecule has 25 heavy (non-hydrogen) atoms. The number of carbonyl (C=O) groups is 1. The van der Waals surface area contributed by atoms with Gasteiger partial charge < -0.3 is 10.6 Å². The molecule has 2 heterocycles. The third kappa shape index (κ3) is 5.80. The van der Waals surface area contributed by atoms with Gasteiger partial charge in [-0.15, -0.1) is 0 Å². The number of sulfone groups is 1. The van der Waals surface area contributed by atoms with Gasteiger partial charge in [0.25, 0.3) is 0 Å². The summed E-state index contributed by atoms with van der Waals surface area (Å²) in [5.74, 6) is 0.192. The Morgan fingerprint density at radius 1 is 1.20 bits per heavy atom. The fourth-order valence-electron chi connectivity index (χ4n) is 3.59. The monoisotopic (exact) mass is 365 g/mol. The smallest absolute Gasteiger partial charge is 0.221 e. The number of rotatable bonds is 5. The summed E-state index contributed by atoms with van der Waals surface area (Å²) in [5, 5.41) is 6.21. The highest BCUT2D eigenvalue weighted by Gasteiger charge is 2.27. The van der Waals surface area contributed by atoms with E-state index < -0.39 is 9.84 Å². The first-order chi connectivity index (χ1) is 12.0. The summed E-state index contributed by atoms with van der Waals surface area (Å²) in [6, 6.07) is 10.4. The molecule has 1 atom stereocenters. The van der Waals surface area contributed by atoms with Gasteiger partial charge in [-0.05, 0) is 18.4 Å². The number of hydrogen-bond acceptors (Lipinski definition) is 5. The molecule has 2 fully saturated rings. The molecule has 0 aliphatic carbocycles. The maximum atomic E-state index is 12.2. The molecular weight excluding hydrogens is 338 g/mol. The van der Waals surface area contributed by atoms with Crippen molar-refractivity contribution >= 4 is 15.7 Å². The van der Waals surface area contributed by atoms with Crippen LogP contribution >= 0.6 is 0 Å². The van der Waals surface area contributed by atoms with Crippen molar-refractivity contribution in [3.05, 3.63) is 35.9 Å². The quantitative estimate of drug-likeness (QED) is 0.796. The lowest BCUT2D eigenvalue weighted by Gasteiger charge is -2.33. The van der Waals surface area contributed by atoms with E-state index in [9.17, 15) is 13.2 Å². The maximum Gasteiger partial charge on any atom is 0.221 e. The van der Waals surface area contributed by atoms with Crippen molar-refractivity contribution in [3.63, 3.8) is 0 Å². The molecule has 2 aliphatic heterocycles. The molecule has 0 spiro atoms. The van der Waals surface area contributed by atoms with Crippen LogP contribution in [-0.4, -0.2) is 62.4 Å². The minimum atomic E-state index is -3.00. The second-order valence-corrected chi connectivity index (χ2v) is 9.30. The summed E-state index contributed by atoms with van der Waals surface area (Å²) in [6.45, 7) is 3.33. The molecule has 0 bridgehead atoms. The Morgan fingerprint density at radius 3 is 2.60 bits per heavy atom. The Balaban J connectivity index is 1.39. The van der Waals surface area contributed by atoms with Crippen LogP contribution in [0.1, 0.15) is 24.8 Å². The summed E-state index contributed by atoms with van der Waals surface area (Å²) < 4.78 is 23.3. The molecule has 1 aromatic carbocycles. The standard InChI is InChI=1S/C18H27N3O3S/c22-18(12-17-14-25(23,24)11-8-19-17)20-16-6-9-21(10-7-16)13-15-4-2-1-3-5-15/h1-5,16-17,19H,6-14H2,(H,20,22). The minimum Gasteiger partial charge on any atom is -0.353 e. The predicted octanol–water partition coefficient (Wildman–Crippen LogP) is 0.544. The molecule has 2 aliphatic rings. The summed E-state index contributed by atoms with van der Waals surface area (Å²) in [4.78, 5) is 14.6. The number of amides is 1. The van der Waals surface area contributed by atoms with Gasteiger partial charge in [0.15, 0.2) is 9.84 Å². The van der Waals surface area contributed by atoms with Gasteiger partial charge in [0.2, 0.25) is 5.91 Å². The number of likely N-dealkylation sites (tertiary alicyclic amines) is 1. The van der Waals surface area contributed by atoms with Crippen molar-refractivity contribution in [2.45, 2.75) is 37.9 Å². The largest absolute Gasteiger partial charge is 0.353 e. The van der Waals surface area contributed by atoms with Gasteiger partial charge in [0.1, 0.15) is 0 Å². The molecule has 3 rings (SSSR count). The molecule has 138 valence electrons. The zero-order valence-corrected chi connectivity index (χ0v) is 15.3. The van der Waals surface area contributed by atoms with Crippen LogP contribution in [0, 0.1) is 0 Å². The zero-order chi connectivity index (χ0) is 17.7. The van der Waals surface area contributed by atoms with Crippen molar-refractivity contribution < 1.29 is 13.2 Å². The lowest BCUT2D eigenvalue weighted by Crippen LogP contribution is -2.49. The van der Waals surface area contributed by atoms with Gasteiger partial charge >= 0.3 is 0 Å². The molecule has 1 aromatic rings. The zero-order valence-electron chi connectivity index (χ0n) is 14.5. The van der Waals surface area contributed by atoms with Gasteiger partial charge in [-0.2, -0.15) is 0 Å². The Hall–Kier alpha value is -1.44. The van der Waals surface area contributed by atoms with E-state index in [-0.39, 0.29) is 35.9 Å². The van der Waals surface area contributed by atoms with E-state index in [1.807, 2.05) is 6.07 Å². The highest BCUT2D eigenvalue weighted by atomic mass is 32.2. The van der Waals surface area contributed by atoms with E-state index in [1.165, 1.54) is 5.56 Å². The van der Waals surface area contributed by atoms with Gasteiger partial charge in [-0.25, -0.2) is 8.42 Å². The van der Waals surface area contributed by atoms with Crippen LogP contribution in [0.25, 0.3) is 0 Å². The van der Waals surface area contributed by atoms with Crippen molar-refractivity contribution in [1.82, 2.24) is 15.5 Å². The third-order valence-corrected chi connectivity index (χ3v) is 6.67. The Labute approximate surface area is 149 Å². The van der Waals surface area contributed by atoms with Gasteiger partial charge in [-0.3, -0.25) is 9.69 Å². The van der Waals surface area contributed by atoms with Crippen molar-refractivity contribution in [2.24, 2.45) is 0 Å². The van der Waals surface area contributed by atoms with E-state index >= 15 is 0 Å². The van der Waals surface area contributed by atoms with Crippen molar-refractivity contribution in [2.75, 3.05) is 31.1 Å². The Bertz CT molecular complexity index is 670. The summed E-state index contributed by atoms with van der Waals surface area (Å²) in [6.07, 6.45) is 2.12. The Morgan fingerprint density at radius 2 is 1.92 bits per heavy atom. The average molecular weight is 365 g/mol. The van der Waals surface area contributed by atoms with Crippen LogP contribution in [0.4, 0.5) is 0 Å². The van der Waals surface area contributed by atoms with E-state index in [2.05, 4.69) is 39.8 Å². The number of nitrogens with one attached hydrogen (secondary N) is 2. The van der Waals surface area contributed by atoms with Crippen LogP contribution in [0.3, 0.4) is 0 Å². The molecule has 1 amide bonds. The average Bonchev–Trinajstić information content (AvgIpc) is 2.56. The number of benzene rings is 1. The number of nitrogens with zero attached hydrogens (tertiary/aromatic N) is 1. The molecule has 6 nitrogen and oxygen atoms in total. The van der Waals surface area contributed by atoms with Gasteiger partial charge in [0.05, 0.1) is 11.5 Å². The predicted molar refractivity (Wildman–Crippen MR) is 97.9 cm³/mol. The molecule has 2 N–H and O–H groups in total. The molecule has 1 unspecified atom stereocenters. The fourth-order valence-corrected chi connectivity index (χ4v) is 5.03. The lowest BCUT2D eigenvalue weighted by atomic mass is 10.0. The molecule has 2 saturated heterocycles. The maximum absolute atomic E-state index is 12.2. The van der Waals surface area contributed by atoms with Crippen molar-refractivity contribution in [3.8, 4) is 0 Å². The summed E-state index contributed by atoms with van der Waals surface area (Å²) >= 11 is 0. The lowest BCUT2D eigenvalue weighted by molar-refractivity contribution is -0.122. The second-order valence-electron chi connectivity index (χ2n) is 7.07. The number of piperidine rings is 1. The van der Waals surface area contributed by atoms with Crippen LogP contribution in [0.2, 0.25) is 0 Å². The molecular formula is C18H27N3O3S. The fraction of sp³-hybridized carbons (Fsp3) is 0.611. The SMILES string of the molecule is O=C(CC1CS(=O)(=O)CCN1)NC1CCN(Cc2ccccc2)CC1. The van der Waals surface area contributed by atoms with E-state index in [0.29, 0.717) is 6.54 Å². The molecule has 7 heteroatoms. The van der Waals surface area contributed by atoms with Crippen LogP contribution in [0.15, 0.2) is 30.3 Å². The minimum absolute atomic E-state index is 0.0453.